The first-order valence-electron chi connectivity index (χ1n) is 4.42. The molecule has 0 aliphatic heterocycles. The van der Waals surface area contributed by atoms with Gasteiger partial charge in [-0.1, -0.05) is 20.8 Å². The zero-order chi connectivity index (χ0) is 9.61. The van der Waals surface area contributed by atoms with E-state index in [0.29, 0.717) is 6.54 Å². The molecule has 3 heteroatoms. The van der Waals surface area contributed by atoms with Crippen molar-refractivity contribution in [3.05, 3.63) is 0 Å². The van der Waals surface area contributed by atoms with Gasteiger partial charge in [-0.2, -0.15) is 0 Å². The fraction of sp³-hybridized carbons (Fsp3) is 0.900. The monoisotopic (exact) mass is 189 g/mol. The molecule has 0 saturated carbocycles. The Bertz CT molecular complexity index is 138. The Kier molecular flexibility index (Phi) is 7.67. The summed E-state index contributed by atoms with van der Waals surface area (Å²) in [5, 5.41) is 2.68. The molecule has 0 aromatic rings. The molecular formula is C10H23NO2. The summed E-state index contributed by atoms with van der Waals surface area (Å²) in [5.74, 6) is 0. The lowest BCUT2D eigenvalue weighted by Crippen LogP contribution is -2.32. The van der Waals surface area contributed by atoms with Crippen LogP contribution in [0.1, 0.15) is 48.0 Å². The van der Waals surface area contributed by atoms with Crippen molar-refractivity contribution < 1.29 is 9.53 Å². The van der Waals surface area contributed by atoms with Crippen LogP contribution in [0.2, 0.25) is 0 Å². The van der Waals surface area contributed by atoms with Crippen LogP contribution in [0.5, 0.6) is 0 Å². The number of nitrogens with one attached hydrogen (secondary N) is 1. The molecule has 0 unspecified atom stereocenters. The Morgan fingerprint density at radius 1 is 1.38 bits per heavy atom. The molecule has 0 aliphatic carbocycles. The quantitative estimate of drug-likeness (QED) is 0.693. The topological polar surface area (TPSA) is 38.3 Å². The molecule has 0 rings (SSSR count). The van der Waals surface area contributed by atoms with Crippen molar-refractivity contribution in [3.8, 4) is 0 Å². The van der Waals surface area contributed by atoms with E-state index in [1.54, 1.807) is 0 Å². The Hall–Kier alpha value is -0.730. The summed E-state index contributed by atoms with van der Waals surface area (Å²) < 4.78 is 5.03. The summed E-state index contributed by atoms with van der Waals surface area (Å²) in [6.45, 7) is 8.34. The lowest BCUT2D eigenvalue weighted by atomic mass is 10.2. The number of amides is 1. The van der Waals surface area contributed by atoms with Gasteiger partial charge < -0.3 is 10.1 Å². The van der Waals surface area contributed by atoms with Crippen molar-refractivity contribution in [1.29, 1.82) is 0 Å². The van der Waals surface area contributed by atoms with Gasteiger partial charge >= 0.3 is 6.09 Å². The van der Waals surface area contributed by atoms with Crippen LogP contribution in [0, 0.1) is 0 Å². The minimum atomic E-state index is -0.393. The van der Waals surface area contributed by atoms with Crippen LogP contribution in [0.4, 0.5) is 4.79 Å². The van der Waals surface area contributed by atoms with Crippen molar-refractivity contribution in [2.75, 3.05) is 6.54 Å². The Morgan fingerprint density at radius 3 is 2.31 bits per heavy atom. The van der Waals surface area contributed by atoms with Crippen LogP contribution in [0.15, 0.2) is 0 Å². The predicted molar refractivity (Wildman–Crippen MR) is 55.9 cm³/mol. The molecule has 0 heterocycles. The van der Waals surface area contributed by atoms with Crippen LogP contribution in [-0.2, 0) is 4.74 Å². The van der Waals surface area contributed by atoms with Crippen molar-refractivity contribution in [2.24, 2.45) is 0 Å². The number of hydrogen-bond acceptors (Lipinski definition) is 2. The Balaban J connectivity index is 0. The summed E-state index contributed by atoms with van der Waals surface area (Å²) in [7, 11) is 0. The third-order valence-corrected chi connectivity index (χ3v) is 1.20. The number of carbonyl (C=O) groups excluding carboxylic acids is 1. The van der Waals surface area contributed by atoms with Crippen molar-refractivity contribution in [3.63, 3.8) is 0 Å². The molecular weight excluding hydrogens is 166 g/mol. The fourth-order valence-electron chi connectivity index (χ4n) is 0.681. The third-order valence-electron chi connectivity index (χ3n) is 1.20. The van der Waals surface area contributed by atoms with Gasteiger partial charge in [0, 0.05) is 6.54 Å². The molecule has 0 spiro atoms. The molecule has 0 aliphatic rings. The largest absolute Gasteiger partial charge is 0.444 e. The second-order valence-electron chi connectivity index (χ2n) is 3.78. The van der Waals surface area contributed by atoms with Crippen molar-refractivity contribution in [2.45, 2.75) is 53.6 Å². The Morgan fingerprint density at radius 2 is 1.92 bits per heavy atom. The summed E-state index contributed by atoms with van der Waals surface area (Å²) >= 11 is 0. The second-order valence-corrected chi connectivity index (χ2v) is 3.78. The van der Waals surface area contributed by atoms with Gasteiger partial charge in [0.05, 0.1) is 0 Å². The molecule has 0 aromatic carbocycles. The average Bonchev–Trinajstić information content (AvgIpc) is 1.84. The molecule has 0 atom stereocenters. The SMILES string of the molecule is C.CCCCNC(=O)OC(C)(C)C. The number of rotatable bonds is 3. The van der Waals surface area contributed by atoms with Gasteiger partial charge in [0.15, 0.2) is 0 Å². The highest BCUT2D eigenvalue weighted by molar-refractivity contribution is 5.67. The zero-order valence-corrected chi connectivity index (χ0v) is 8.44. The smallest absolute Gasteiger partial charge is 0.407 e. The summed E-state index contributed by atoms with van der Waals surface area (Å²) in [6.07, 6.45) is 1.76. The molecule has 1 N–H and O–H groups in total. The normalized spacial score (nSPS) is 10.2. The van der Waals surface area contributed by atoms with E-state index in [1.807, 2.05) is 20.8 Å². The van der Waals surface area contributed by atoms with E-state index in [9.17, 15) is 4.79 Å². The van der Waals surface area contributed by atoms with E-state index in [4.69, 9.17) is 4.74 Å². The number of carbonyl (C=O) groups is 1. The van der Waals surface area contributed by atoms with Gasteiger partial charge in [-0.3, -0.25) is 0 Å². The first-order chi connectivity index (χ1) is 5.45. The molecule has 1 amide bonds. The first-order valence-corrected chi connectivity index (χ1v) is 4.42. The lowest BCUT2D eigenvalue weighted by Gasteiger charge is -2.19. The highest BCUT2D eigenvalue weighted by atomic mass is 16.6. The van der Waals surface area contributed by atoms with E-state index < -0.39 is 5.60 Å². The van der Waals surface area contributed by atoms with Crippen molar-refractivity contribution >= 4 is 6.09 Å². The molecule has 80 valence electrons. The third kappa shape index (κ3) is 11.3. The van der Waals surface area contributed by atoms with E-state index in [2.05, 4.69) is 12.2 Å². The average molecular weight is 189 g/mol. The molecule has 3 nitrogen and oxygen atoms in total. The highest BCUT2D eigenvalue weighted by Crippen LogP contribution is 2.06. The van der Waals surface area contributed by atoms with E-state index in [-0.39, 0.29) is 13.5 Å². The van der Waals surface area contributed by atoms with Crippen molar-refractivity contribution in [1.82, 2.24) is 5.32 Å². The summed E-state index contributed by atoms with van der Waals surface area (Å²) in [5.41, 5.74) is -0.393. The molecule has 0 aromatic heterocycles. The first kappa shape index (κ1) is 14.8. The van der Waals surface area contributed by atoms with Crippen LogP contribution < -0.4 is 5.32 Å². The van der Waals surface area contributed by atoms with Gasteiger partial charge in [-0.25, -0.2) is 4.79 Å². The van der Waals surface area contributed by atoms with Crippen LogP contribution in [-0.4, -0.2) is 18.2 Å². The highest BCUT2D eigenvalue weighted by Gasteiger charge is 2.14. The standard InChI is InChI=1S/C9H19NO2.CH4/c1-5-6-7-10-8(11)12-9(2,3)4;/h5-7H2,1-4H3,(H,10,11);1H4. The zero-order valence-electron chi connectivity index (χ0n) is 8.44. The fourth-order valence-corrected chi connectivity index (χ4v) is 0.681. The van der Waals surface area contributed by atoms with E-state index >= 15 is 0 Å². The predicted octanol–water partition coefficient (Wildman–Crippen LogP) is 2.95. The van der Waals surface area contributed by atoms with Gasteiger partial charge in [0.2, 0.25) is 0 Å². The molecule has 0 fully saturated rings. The summed E-state index contributed by atoms with van der Waals surface area (Å²) in [4.78, 5) is 11.0. The van der Waals surface area contributed by atoms with E-state index in [1.165, 1.54) is 0 Å². The van der Waals surface area contributed by atoms with E-state index in [0.717, 1.165) is 12.8 Å². The number of ether oxygens (including phenoxy) is 1. The van der Waals surface area contributed by atoms with Crippen LogP contribution in [0.25, 0.3) is 0 Å². The van der Waals surface area contributed by atoms with Gasteiger partial charge in [-0.15, -0.1) is 0 Å². The van der Waals surface area contributed by atoms with Gasteiger partial charge in [-0.05, 0) is 27.2 Å². The molecule has 0 bridgehead atoms. The summed E-state index contributed by atoms with van der Waals surface area (Å²) in [6, 6.07) is 0. The van der Waals surface area contributed by atoms with Gasteiger partial charge in [0.25, 0.3) is 0 Å². The van der Waals surface area contributed by atoms with Gasteiger partial charge in [0.1, 0.15) is 5.60 Å². The maximum Gasteiger partial charge on any atom is 0.407 e. The molecule has 0 saturated heterocycles. The maximum absolute atomic E-state index is 11.0. The minimum Gasteiger partial charge on any atom is -0.444 e. The molecule has 0 radical (unpaired) electrons. The number of unbranched alkanes of at least 4 members (excludes halogenated alkanes) is 1. The van der Waals surface area contributed by atoms with Crippen LogP contribution >= 0.6 is 0 Å². The number of hydrogen-bond donors (Lipinski definition) is 1. The van der Waals surface area contributed by atoms with Crippen LogP contribution in [0.3, 0.4) is 0 Å². The molecule has 13 heavy (non-hydrogen) atoms. The lowest BCUT2D eigenvalue weighted by molar-refractivity contribution is 0.0527. The second kappa shape index (κ2) is 6.75. The number of alkyl carbamates (subject to hydrolysis) is 1. The minimum absolute atomic E-state index is 0. The Labute approximate surface area is 81.9 Å². The maximum atomic E-state index is 11.0.